The standard InChI is InChI=1S/C37H41ClF2N6O3S/c1-6-48-35(47)32(49-37(3,4)5)28-20(2)17-26-33(29(28)21-7-9-23(38)10-8-21)50-34(43-26)25-11-12-27-31(42-25)30(44-46(27)36(39)40)22-13-15-45(16-14-22)24-18-41-19-24/h7-12,17,22,24,32,36,41H,6,13-16,18-19H2,1-5H3/t32-/m0/s1. The quantitative estimate of drug-likeness (QED) is 0.152. The Kier molecular flexibility index (Phi) is 9.68. The Labute approximate surface area is 298 Å². The van der Waals surface area contributed by atoms with Crippen molar-refractivity contribution in [2.45, 2.75) is 77.7 Å². The summed E-state index contributed by atoms with van der Waals surface area (Å²) in [5, 5.41) is 8.99. The van der Waals surface area contributed by atoms with Crippen molar-refractivity contribution < 1.29 is 23.0 Å². The number of pyridine rings is 1. The van der Waals surface area contributed by atoms with Crippen molar-refractivity contribution in [3.05, 3.63) is 64.3 Å². The largest absolute Gasteiger partial charge is 0.464 e. The van der Waals surface area contributed by atoms with E-state index in [0.29, 0.717) is 44.1 Å². The molecule has 9 nitrogen and oxygen atoms in total. The molecule has 1 N–H and O–H groups in total. The van der Waals surface area contributed by atoms with Crippen molar-refractivity contribution in [1.82, 2.24) is 30.0 Å². The number of thiazole rings is 1. The first-order valence-corrected chi connectivity index (χ1v) is 18.3. The van der Waals surface area contributed by atoms with Crippen LogP contribution in [0.1, 0.15) is 75.9 Å². The fourth-order valence-corrected chi connectivity index (χ4v) is 8.23. The van der Waals surface area contributed by atoms with Crippen LogP contribution in [0, 0.1) is 6.92 Å². The predicted octanol–water partition coefficient (Wildman–Crippen LogP) is 8.30. The number of aryl methyl sites for hydroxylation is 1. The maximum Gasteiger partial charge on any atom is 0.339 e. The zero-order chi connectivity index (χ0) is 35.3. The fraction of sp³-hybridized carbons (Fsp3) is 0.459. The van der Waals surface area contributed by atoms with Gasteiger partial charge in [-0.3, -0.25) is 4.90 Å². The van der Waals surface area contributed by atoms with Gasteiger partial charge in [0, 0.05) is 41.2 Å². The van der Waals surface area contributed by atoms with Gasteiger partial charge >= 0.3 is 12.5 Å². The van der Waals surface area contributed by atoms with Gasteiger partial charge < -0.3 is 14.8 Å². The van der Waals surface area contributed by atoms with E-state index in [1.807, 2.05) is 58.0 Å². The van der Waals surface area contributed by atoms with E-state index in [1.165, 1.54) is 11.3 Å². The lowest BCUT2D eigenvalue weighted by Crippen LogP contribution is -2.58. The summed E-state index contributed by atoms with van der Waals surface area (Å²) >= 11 is 7.74. The first-order valence-electron chi connectivity index (χ1n) is 17.1. The maximum atomic E-state index is 14.2. The molecule has 0 spiro atoms. The second kappa shape index (κ2) is 13.9. The summed E-state index contributed by atoms with van der Waals surface area (Å²) in [5.74, 6) is -0.444. The lowest BCUT2D eigenvalue weighted by atomic mass is 9.91. The van der Waals surface area contributed by atoms with Crippen LogP contribution in [-0.4, -0.2) is 75.0 Å². The molecule has 0 radical (unpaired) electrons. The average molecular weight is 723 g/mol. The molecular weight excluding hydrogens is 682 g/mol. The van der Waals surface area contributed by atoms with E-state index in [9.17, 15) is 13.6 Å². The van der Waals surface area contributed by atoms with Crippen LogP contribution in [0.15, 0.2) is 42.5 Å². The lowest BCUT2D eigenvalue weighted by Gasteiger charge is -2.42. The SMILES string of the molecule is CCOC(=O)[C@@H](OC(C)(C)C)c1c(C)cc2nc(-c3ccc4c(n3)c(C3CCN(C5CNC5)CC3)nn4C(F)F)sc2c1-c1ccc(Cl)cc1. The van der Waals surface area contributed by atoms with Gasteiger partial charge in [-0.1, -0.05) is 23.7 Å². The van der Waals surface area contributed by atoms with Crippen molar-refractivity contribution in [3.8, 4) is 21.8 Å². The summed E-state index contributed by atoms with van der Waals surface area (Å²) in [6.07, 6.45) is 0.674. The average Bonchev–Trinajstić information content (AvgIpc) is 3.65. The molecule has 264 valence electrons. The topological polar surface area (TPSA) is 94.4 Å². The van der Waals surface area contributed by atoms with E-state index in [1.54, 1.807) is 19.1 Å². The Balaban J connectivity index is 1.35. The molecule has 0 amide bonds. The number of fused-ring (bicyclic) bond motifs is 2. The second-order valence-electron chi connectivity index (χ2n) is 14.0. The number of piperidine rings is 1. The summed E-state index contributed by atoms with van der Waals surface area (Å²) in [6, 6.07) is 13.4. The van der Waals surface area contributed by atoms with Gasteiger partial charge in [-0.2, -0.15) is 13.9 Å². The van der Waals surface area contributed by atoms with Gasteiger partial charge in [0.2, 0.25) is 0 Å². The first kappa shape index (κ1) is 34.9. The number of aromatic nitrogens is 4. The summed E-state index contributed by atoms with van der Waals surface area (Å²) < 4.78 is 42.0. The smallest absolute Gasteiger partial charge is 0.339 e. The normalized spacial score (nSPS) is 17.1. The number of esters is 1. The van der Waals surface area contributed by atoms with E-state index >= 15 is 0 Å². The molecule has 0 saturated carbocycles. The van der Waals surface area contributed by atoms with Crippen LogP contribution in [-0.2, 0) is 14.3 Å². The second-order valence-corrected chi connectivity index (χ2v) is 15.4. The van der Waals surface area contributed by atoms with Crippen LogP contribution in [0.5, 0.6) is 0 Å². The first-order chi connectivity index (χ1) is 23.9. The zero-order valence-corrected chi connectivity index (χ0v) is 30.4. The molecule has 2 aliphatic rings. The number of carbonyl (C=O) groups excluding carboxylic acids is 1. The number of hydrogen-bond donors (Lipinski definition) is 1. The highest BCUT2D eigenvalue weighted by Crippen LogP contribution is 2.45. The minimum absolute atomic E-state index is 0.0317. The summed E-state index contributed by atoms with van der Waals surface area (Å²) in [4.78, 5) is 26.0. The summed E-state index contributed by atoms with van der Waals surface area (Å²) in [6.45, 7) is 10.6. The van der Waals surface area contributed by atoms with Gasteiger partial charge in [0.25, 0.3) is 0 Å². The summed E-state index contributed by atoms with van der Waals surface area (Å²) in [5.41, 5.74) is 5.19. The molecule has 7 rings (SSSR count). The molecule has 2 saturated heterocycles. The van der Waals surface area contributed by atoms with Crippen LogP contribution in [0.25, 0.3) is 43.1 Å². The van der Waals surface area contributed by atoms with Crippen LogP contribution in [0.3, 0.4) is 0 Å². The number of nitrogens with zero attached hydrogens (tertiary/aromatic N) is 5. The van der Waals surface area contributed by atoms with Crippen LogP contribution >= 0.6 is 22.9 Å². The Morgan fingerprint density at radius 1 is 1.10 bits per heavy atom. The number of rotatable bonds is 9. The Hall–Kier alpha value is -3.55. The van der Waals surface area contributed by atoms with Gasteiger partial charge in [0.05, 0.1) is 39.3 Å². The molecule has 5 aromatic rings. The number of hydrogen-bond acceptors (Lipinski definition) is 9. The molecular formula is C37H41ClF2N6O3S. The van der Waals surface area contributed by atoms with Crippen molar-refractivity contribution in [2.75, 3.05) is 32.8 Å². The van der Waals surface area contributed by atoms with Gasteiger partial charge in [0.1, 0.15) is 10.5 Å². The highest BCUT2D eigenvalue weighted by atomic mass is 35.5. The Bertz CT molecular complexity index is 2030. The van der Waals surface area contributed by atoms with Crippen LogP contribution < -0.4 is 5.32 Å². The van der Waals surface area contributed by atoms with Crippen molar-refractivity contribution in [3.63, 3.8) is 0 Å². The molecule has 1 atom stereocenters. The van der Waals surface area contributed by atoms with Gasteiger partial charge in [-0.25, -0.2) is 19.4 Å². The highest BCUT2D eigenvalue weighted by molar-refractivity contribution is 7.22. The minimum atomic E-state index is -2.78. The molecule has 5 heterocycles. The summed E-state index contributed by atoms with van der Waals surface area (Å²) in [7, 11) is 0. The monoisotopic (exact) mass is 722 g/mol. The van der Waals surface area contributed by atoms with Crippen molar-refractivity contribution in [2.24, 2.45) is 0 Å². The fourth-order valence-electron chi connectivity index (χ4n) is 7.01. The molecule has 0 bridgehead atoms. The van der Waals surface area contributed by atoms with Crippen molar-refractivity contribution in [1.29, 1.82) is 0 Å². The predicted molar refractivity (Wildman–Crippen MR) is 193 cm³/mol. The van der Waals surface area contributed by atoms with Crippen molar-refractivity contribution >= 4 is 50.2 Å². The van der Waals surface area contributed by atoms with E-state index in [0.717, 1.165) is 70.6 Å². The molecule has 0 aliphatic carbocycles. The number of benzene rings is 2. The molecule has 0 unspecified atom stereocenters. The third-order valence-electron chi connectivity index (χ3n) is 9.47. The van der Waals surface area contributed by atoms with Crippen LogP contribution in [0.2, 0.25) is 5.02 Å². The molecule has 2 aliphatic heterocycles. The van der Waals surface area contributed by atoms with E-state index in [4.69, 9.17) is 31.0 Å². The molecule has 2 aromatic carbocycles. The number of ether oxygens (including phenoxy) is 2. The highest BCUT2D eigenvalue weighted by Gasteiger charge is 2.35. The molecule has 13 heteroatoms. The number of likely N-dealkylation sites (tertiary alicyclic amines) is 1. The minimum Gasteiger partial charge on any atom is -0.464 e. The number of halogens is 3. The van der Waals surface area contributed by atoms with Gasteiger partial charge in [-0.05, 0) is 102 Å². The maximum absolute atomic E-state index is 14.2. The Morgan fingerprint density at radius 3 is 2.44 bits per heavy atom. The van der Waals surface area contributed by atoms with E-state index < -0.39 is 24.2 Å². The third-order valence-corrected chi connectivity index (χ3v) is 10.8. The number of nitrogens with one attached hydrogen (secondary N) is 1. The van der Waals surface area contributed by atoms with E-state index in [2.05, 4.69) is 15.3 Å². The number of alkyl halides is 2. The molecule has 2 fully saturated rings. The molecule has 3 aromatic heterocycles. The lowest BCUT2D eigenvalue weighted by molar-refractivity contribution is -0.166. The van der Waals surface area contributed by atoms with Crippen LogP contribution in [0.4, 0.5) is 8.78 Å². The van der Waals surface area contributed by atoms with Gasteiger partial charge in [0.15, 0.2) is 6.10 Å². The van der Waals surface area contributed by atoms with E-state index in [-0.39, 0.29) is 12.5 Å². The Morgan fingerprint density at radius 2 is 1.82 bits per heavy atom. The third kappa shape index (κ3) is 6.76. The number of carbonyl (C=O) groups is 1. The zero-order valence-electron chi connectivity index (χ0n) is 28.8. The van der Waals surface area contributed by atoms with Gasteiger partial charge in [-0.15, -0.1) is 11.3 Å². The molecule has 50 heavy (non-hydrogen) atoms.